The SMILES string of the molecule is Cc1cccc(CNC(=O)c2cc3cn(C(C)C)cc3s2)c1. The third-order valence-corrected chi connectivity index (χ3v) is 4.79. The van der Waals surface area contributed by atoms with Crippen LogP contribution in [-0.4, -0.2) is 10.5 Å². The van der Waals surface area contributed by atoms with Gasteiger partial charge in [0.15, 0.2) is 0 Å². The summed E-state index contributed by atoms with van der Waals surface area (Å²) >= 11 is 1.55. The molecule has 0 bridgehead atoms. The third kappa shape index (κ3) is 3.07. The molecule has 0 unspecified atom stereocenters. The molecule has 1 aromatic carbocycles. The van der Waals surface area contributed by atoms with E-state index >= 15 is 0 Å². The number of aryl methyl sites for hydroxylation is 1. The second-order valence-corrected chi connectivity index (χ2v) is 6.98. The fourth-order valence-corrected chi connectivity index (χ4v) is 3.45. The Morgan fingerprint density at radius 2 is 2.09 bits per heavy atom. The third-order valence-electron chi connectivity index (χ3n) is 3.70. The van der Waals surface area contributed by atoms with Crippen molar-refractivity contribution in [1.29, 1.82) is 0 Å². The summed E-state index contributed by atoms with van der Waals surface area (Å²) in [6.45, 7) is 6.92. The number of hydrogen-bond acceptors (Lipinski definition) is 2. The Labute approximate surface area is 134 Å². The van der Waals surface area contributed by atoms with Gasteiger partial charge in [-0.2, -0.15) is 0 Å². The van der Waals surface area contributed by atoms with Gasteiger partial charge in [-0.3, -0.25) is 4.79 Å². The van der Waals surface area contributed by atoms with Gasteiger partial charge >= 0.3 is 0 Å². The van der Waals surface area contributed by atoms with E-state index in [9.17, 15) is 4.79 Å². The summed E-state index contributed by atoms with van der Waals surface area (Å²) in [5.74, 6) is -0.00111. The van der Waals surface area contributed by atoms with E-state index in [2.05, 4.69) is 55.2 Å². The van der Waals surface area contributed by atoms with E-state index in [0.717, 1.165) is 20.5 Å². The molecule has 0 spiro atoms. The minimum Gasteiger partial charge on any atom is -0.350 e. The molecular formula is C18H20N2OS. The highest BCUT2D eigenvalue weighted by Crippen LogP contribution is 2.28. The number of benzene rings is 1. The van der Waals surface area contributed by atoms with Crippen LogP contribution in [0.15, 0.2) is 42.7 Å². The van der Waals surface area contributed by atoms with Crippen molar-refractivity contribution in [3.05, 3.63) is 58.7 Å². The van der Waals surface area contributed by atoms with Crippen molar-refractivity contribution in [2.75, 3.05) is 0 Å². The minimum absolute atomic E-state index is 0.00111. The lowest BCUT2D eigenvalue weighted by Gasteiger charge is -2.05. The maximum Gasteiger partial charge on any atom is 0.261 e. The molecule has 2 heterocycles. The number of rotatable bonds is 4. The Morgan fingerprint density at radius 3 is 2.77 bits per heavy atom. The summed E-state index contributed by atoms with van der Waals surface area (Å²) in [4.78, 5) is 13.1. The van der Waals surface area contributed by atoms with Crippen molar-refractivity contribution >= 4 is 27.3 Å². The second-order valence-electron chi connectivity index (χ2n) is 5.90. The number of fused-ring (bicyclic) bond motifs is 1. The summed E-state index contributed by atoms with van der Waals surface area (Å²) in [6, 6.07) is 10.6. The zero-order valence-corrected chi connectivity index (χ0v) is 13.9. The number of hydrogen-bond donors (Lipinski definition) is 1. The summed E-state index contributed by atoms with van der Waals surface area (Å²) in [5.41, 5.74) is 2.33. The van der Waals surface area contributed by atoms with Gasteiger partial charge in [-0.1, -0.05) is 29.8 Å². The van der Waals surface area contributed by atoms with Crippen molar-refractivity contribution in [2.24, 2.45) is 0 Å². The first kappa shape index (κ1) is 14.9. The molecule has 3 nitrogen and oxygen atoms in total. The number of carbonyl (C=O) groups excluding carboxylic acids is 1. The zero-order chi connectivity index (χ0) is 15.7. The van der Waals surface area contributed by atoms with Crippen molar-refractivity contribution in [1.82, 2.24) is 9.88 Å². The van der Waals surface area contributed by atoms with Crippen LogP contribution in [0.5, 0.6) is 0 Å². The van der Waals surface area contributed by atoms with Gasteiger partial charge in [-0.05, 0) is 32.4 Å². The molecule has 3 aromatic rings. The Hall–Kier alpha value is -2.07. The maximum atomic E-state index is 12.3. The molecule has 4 heteroatoms. The molecule has 0 fully saturated rings. The van der Waals surface area contributed by atoms with Crippen LogP contribution < -0.4 is 5.32 Å². The molecule has 1 N–H and O–H groups in total. The molecule has 0 radical (unpaired) electrons. The quantitative estimate of drug-likeness (QED) is 0.755. The van der Waals surface area contributed by atoms with Gasteiger partial charge in [0.1, 0.15) is 0 Å². The van der Waals surface area contributed by atoms with E-state index < -0.39 is 0 Å². The number of nitrogens with one attached hydrogen (secondary N) is 1. The molecule has 2 aromatic heterocycles. The van der Waals surface area contributed by atoms with Crippen LogP contribution in [0, 0.1) is 6.92 Å². The van der Waals surface area contributed by atoms with Gasteiger partial charge in [0.2, 0.25) is 0 Å². The van der Waals surface area contributed by atoms with Crippen LogP contribution >= 0.6 is 11.3 Å². The predicted molar refractivity (Wildman–Crippen MR) is 92.5 cm³/mol. The fourth-order valence-electron chi connectivity index (χ4n) is 2.46. The number of thiophene rings is 1. The molecule has 0 aliphatic rings. The van der Waals surface area contributed by atoms with E-state index in [-0.39, 0.29) is 5.91 Å². The molecule has 0 saturated heterocycles. The summed E-state index contributed by atoms with van der Waals surface area (Å²) < 4.78 is 3.34. The Bertz CT molecular complexity index is 782. The van der Waals surface area contributed by atoms with Gasteiger partial charge in [0.25, 0.3) is 5.91 Å². The van der Waals surface area contributed by atoms with E-state index in [1.54, 1.807) is 11.3 Å². The predicted octanol–water partition coefficient (Wildman–Crippen LogP) is 4.52. The van der Waals surface area contributed by atoms with Crippen molar-refractivity contribution in [3.8, 4) is 0 Å². The first-order chi connectivity index (χ1) is 10.5. The number of amides is 1. The van der Waals surface area contributed by atoms with Gasteiger partial charge in [-0.25, -0.2) is 0 Å². The van der Waals surface area contributed by atoms with Crippen molar-refractivity contribution < 1.29 is 4.79 Å². The minimum atomic E-state index is -0.00111. The number of aromatic nitrogens is 1. The van der Waals surface area contributed by atoms with Crippen LogP contribution in [0.4, 0.5) is 0 Å². The van der Waals surface area contributed by atoms with E-state index in [0.29, 0.717) is 12.6 Å². The molecular weight excluding hydrogens is 292 g/mol. The highest BCUT2D eigenvalue weighted by molar-refractivity contribution is 7.20. The fraction of sp³-hybridized carbons (Fsp3) is 0.278. The average Bonchev–Trinajstić information content (AvgIpc) is 3.03. The zero-order valence-electron chi connectivity index (χ0n) is 13.1. The molecule has 0 atom stereocenters. The summed E-state index contributed by atoms with van der Waals surface area (Å²) in [5, 5.41) is 4.13. The Morgan fingerprint density at radius 1 is 1.27 bits per heavy atom. The average molecular weight is 312 g/mol. The molecule has 0 aliphatic heterocycles. The second kappa shape index (κ2) is 5.97. The normalized spacial score (nSPS) is 11.3. The molecule has 0 aliphatic carbocycles. The van der Waals surface area contributed by atoms with Gasteiger partial charge in [0.05, 0.1) is 9.58 Å². The molecule has 3 rings (SSSR count). The molecule has 1 amide bonds. The standard InChI is InChI=1S/C18H20N2OS/c1-12(2)20-10-15-8-16(22-17(15)11-20)18(21)19-9-14-6-4-5-13(3)7-14/h4-8,10-12H,9H2,1-3H3,(H,19,21). The van der Waals surface area contributed by atoms with E-state index in [4.69, 9.17) is 0 Å². The molecule has 0 saturated carbocycles. The molecule has 114 valence electrons. The maximum absolute atomic E-state index is 12.3. The van der Waals surface area contributed by atoms with E-state index in [1.165, 1.54) is 5.56 Å². The Balaban J connectivity index is 1.70. The summed E-state index contributed by atoms with van der Waals surface area (Å²) in [6.07, 6.45) is 4.22. The van der Waals surface area contributed by atoms with Crippen LogP contribution in [-0.2, 0) is 6.54 Å². The highest BCUT2D eigenvalue weighted by Gasteiger charge is 2.12. The monoisotopic (exact) mass is 312 g/mol. The number of carbonyl (C=O) groups is 1. The van der Waals surface area contributed by atoms with Crippen LogP contribution in [0.1, 0.15) is 40.7 Å². The van der Waals surface area contributed by atoms with Crippen LogP contribution in [0.2, 0.25) is 0 Å². The molecule has 22 heavy (non-hydrogen) atoms. The van der Waals surface area contributed by atoms with Crippen LogP contribution in [0.3, 0.4) is 0 Å². The lowest BCUT2D eigenvalue weighted by molar-refractivity contribution is 0.0955. The smallest absolute Gasteiger partial charge is 0.261 e. The first-order valence-electron chi connectivity index (χ1n) is 7.47. The van der Waals surface area contributed by atoms with E-state index in [1.807, 2.05) is 18.2 Å². The lowest BCUT2D eigenvalue weighted by Crippen LogP contribution is -2.21. The first-order valence-corrected chi connectivity index (χ1v) is 8.29. The van der Waals surface area contributed by atoms with Crippen LogP contribution in [0.25, 0.3) is 10.1 Å². The van der Waals surface area contributed by atoms with Crippen molar-refractivity contribution in [2.45, 2.75) is 33.4 Å². The number of nitrogens with zero attached hydrogens (tertiary/aromatic N) is 1. The lowest BCUT2D eigenvalue weighted by atomic mass is 10.1. The largest absolute Gasteiger partial charge is 0.350 e. The highest BCUT2D eigenvalue weighted by atomic mass is 32.1. The van der Waals surface area contributed by atoms with Crippen molar-refractivity contribution in [3.63, 3.8) is 0 Å². The topological polar surface area (TPSA) is 34.0 Å². The summed E-state index contributed by atoms with van der Waals surface area (Å²) in [7, 11) is 0. The van der Waals surface area contributed by atoms with Gasteiger partial charge in [-0.15, -0.1) is 11.3 Å². The van der Waals surface area contributed by atoms with Gasteiger partial charge < -0.3 is 9.88 Å². The van der Waals surface area contributed by atoms with Gasteiger partial charge in [0, 0.05) is 30.4 Å². The Kier molecular flexibility index (Phi) is 4.03.